The maximum atomic E-state index is 12.2. The Kier molecular flexibility index (Phi) is 5.99. The second kappa shape index (κ2) is 8.80. The van der Waals surface area contributed by atoms with Crippen LogP contribution in [0, 0.1) is 0 Å². The molecule has 0 unspecified atom stereocenters. The number of para-hydroxylation sites is 1. The Morgan fingerprint density at radius 3 is 2.59 bits per heavy atom. The zero-order valence-corrected chi connectivity index (χ0v) is 15.1. The van der Waals surface area contributed by atoms with Gasteiger partial charge in [0.1, 0.15) is 0 Å². The molecule has 6 heteroatoms. The van der Waals surface area contributed by atoms with Gasteiger partial charge in [0.25, 0.3) is 0 Å². The average molecular weight is 363 g/mol. The number of nitrogens with one attached hydrogen (secondary N) is 2. The molecule has 27 heavy (non-hydrogen) atoms. The lowest BCUT2D eigenvalue weighted by Crippen LogP contribution is -2.16. The number of fused-ring (bicyclic) bond motifs is 1. The number of benzene rings is 2. The van der Waals surface area contributed by atoms with E-state index in [-0.39, 0.29) is 11.9 Å². The number of amides is 1. The van der Waals surface area contributed by atoms with Crippen LogP contribution in [0.25, 0.3) is 10.9 Å². The van der Waals surface area contributed by atoms with Crippen LogP contribution in [0.3, 0.4) is 0 Å². The van der Waals surface area contributed by atoms with Gasteiger partial charge in [-0.05, 0) is 43.3 Å². The molecule has 3 rings (SSSR count). The number of aromatic nitrogens is 1. The van der Waals surface area contributed by atoms with Crippen LogP contribution in [-0.2, 0) is 9.53 Å². The Hall–Kier alpha value is -3.41. The summed E-state index contributed by atoms with van der Waals surface area (Å²) in [5, 5.41) is 7.06. The monoisotopic (exact) mass is 363 g/mol. The van der Waals surface area contributed by atoms with E-state index in [2.05, 4.69) is 15.6 Å². The molecule has 1 amide bonds. The fraction of sp³-hybridized carbons (Fsp3) is 0.190. The van der Waals surface area contributed by atoms with Gasteiger partial charge in [-0.3, -0.25) is 9.78 Å². The Morgan fingerprint density at radius 2 is 1.81 bits per heavy atom. The lowest BCUT2D eigenvalue weighted by molar-refractivity contribution is -0.115. The lowest BCUT2D eigenvalue weighted by atomic mass is 10.2. The third-order valence-corrected chi connectivity index (χ3v) is 3.98. The van der Waals surface area contributed by atoms with Gasteiger partial charge in [-0.2, -0.15) is 0 Å². The van der Waals surface area contributed by atoms with Crippen molar-refractivity contribution in [1.82, 2.24) is 4.98 Å². The SMILES string of the molecule is CCOC(=O)c1ccc(NCCC(=O)Nc2cccc3cccnc23)cc1. The van der Waals surface area contributed by atoms with Gasteiger partial charge in [-0.15, -0.1) is 0 Å². The van der Waals surface area contributed by atoms with Gasteiger partial charge in [-0.25, -0.2) is 4.79 Å². The minimum atomic E-state index is -0.341. The average Bonchev–Trinajstić information content (AvgIpc) is 2.69. The summed E-state index contributed by atoms with van der Waals surface area (Å²) in [5.41, 5.74) is 2.82. The summed E-state index contributed by atoms with van der Waals surface area (Å²) in [6, 6.07) is 16.5. The molecule has 0 aliphatic heterocycles. The Labute approximate surface area is 157 Å². The molecule has 0 radical (unpaired) electrons. The van der Waals surface area contributed by atoms with E-state index < -0.39 is 0 Å². The van der Waals surface area contributed by atoms with Gasteiger partial charge >= 0.3 is 5.97 Å². The van der Waals surface area contributed by atoms with E-state index in [0.717, 1.165) is 16.6 Å². The van der Waals surface area contributed by atoms with E-state index in [1.54, 1.807) is 37.4 Å². The summed E-state index contributed by atoms with van der Waals surface area (Å²) >= 11 is 0. The molecule has 0 aliphatic rings. The largest absolute Gasteiger partial charge is 0.462 e. The highest BCUT2D eigenvalue weighted by atomic mass is 16.5. The van der Waals surface area contributed by atoms with Crippen LogP contribution in [0.15, 0.2) is 60.8 Å². The van der Waals surface area contributed by atoms with Crippen LogP contribution in [0.2, 0.25) is 0 Å². The van der Waals surface area contributed by atoms with Gasteiger partial charge in [0.05, 0.1) is 23.4 Å². The summed E-state index contributed by atoms with van der Waals surface area (Å²) in [7, 11) is 0. The summed E-state index contributed by atoms with van der Waals surface area (Å²) in [6.07, 6.45) is 2.02. The molecule has 1 aromatic heterocycles. The first-order valence-corrected chi connectivity index (χ1v) is 8.82. The van der Waals surface area contributed by atoms with Crippen molar-refractivity contribution in [1.29, 1.82) is 0 Å². The molecule has 0 saturated heterocycles. The second-order valence-corrected chi connectivity index (χ2v) is 5.90. The van der Waals surface area contributed by atoms with Gasteiger partial charge < -0.3 is 15.4 Å². The molecule has 0 atom stereocenters. The molecule has 0 bridgehead atoms. The standard InChI is InChI=1S/C21H21N3O3/c1-2-27-21(26)16-8-10-17(11-9-16)22-14-12-19(25)24-18-7-3-5-15-6-4-13-23-20(15)18/h3-11,13,22H,2,12,14H2,1H3,(H,24,25). The number of hydrogen-bond donors (Lipinski definition) is 2. The van der Waals surface area contributed by atoms with Gasteiger partial charge in [-0.1, -0.05) is 18.2 Å². The molecule has 0 saturated carbocycles. The summed E-state index contributed by atoms with van der Waals surface area (Å²) < 4.78 is 4.95. The first-order chi connectivity index (χ1) is 13.2. The van der Waals surface area contributed by atoms with E-state index in [9.17, 15) is 9.59 Å². The van der Waals surface area contributed by atoms with Crippen molar-refractivity contribution in [2.45, 2.75) is 13.3 Å². The maximum Gasteiger partial charge on any atom is 0.338 e. The maximum absolute atomic E-state index is 12.2. The zero-order chi connectivity index (χ0) is 19.1. The van der Waals surface area contributed by atoms with Crippen LogP contribution >= 0.6 is 0 Å². The normalized spacial score (nSPS) is 10.4. The third-order valence-electron chi connectivity index (χ3n) is 3.98. The first-order valence-electron chi connectivity index (χ1n) is 8.82. The summed E-state index contributed by atoms with van der Waals surface area (Å²) in [6.45, 7) is 2.59. The molecule has 0 spiro atoms. The van der Waals surface area contributed by atoms with Crippen molar-refractivity contribution >= 4 is 34.2 Å². The molecule has 2 N–H and O–H groups in total. The number of esters is 1. The molecule has 0 aliphatic carbocycles. The first kappa shape index (κ1) is 18.4. The number of nitrogens with zero attached hydrogens (tertiary/aromatic N) is 1. The number of pyridine rings is 1. The molecule has 1 heterocycles. The van der Waals surface area contributed by atoms with E-state index >= 15 is 0 Å². The zero-order valence-electron chi connectivity index (χ0n) is 15.1. The molecule has 0 fully saturated rings. The van der Waals surface area contributed by atoms with E-state index in [0.29, 0.717) is 30.8 Å². The highest BCUT2D eigenvalue weighted by molar-refractivity contribution is 6.00. The second-order valence-electron chi connectivity index (χ2n) is 5.90. The van der Waals surface area contributed by atoms with Crippen LogP contribution < -0.4 is 10.6 Å². The highest BCUT2D eigenvalue weighted by Crippen LogP contribution is 2.20. The van der Waals surface area contributed by atoms with E-state index in [1.807, 2.05) is 30.3 Å². The van der Waals surface area contributed by atoms with Crippen molar-refractivity contribution in [3.63, 3.8) is 0 Å². The summed E-state index contributed by atoms with van der Waals surface area (Å²) in [5.74, 6) is -0.434. The molecule has 6 nitrogen and oxygen atoms in total. The number of hydrogen-bond acceptors (Lipinski definition) is 5. The van der Waals surface area contributed by atoms with Crippen LogP contribution in [-0.4, -0.2) is 30.0 Å². The summed E-state index contributed by atoms with van der Waals surface area (Å²) in [4.78, 5) is 28.2. The number of ether oxygens (including phenoxy) is 1. The number of rotatable bonds is 7. The predicted octanol–water partition coefficient (Wildman–Crippen LogP) is 3.85. The van der Waals surface area contributed by atoms with Gasteiger partial charge in [0, 0.05) is 30.2 Å². The Bertz CT molecular complexity index is 934. The fourth-order valence-electron chi connectivity index (χ4n) is 2.68. The van der Waals surface area contributed by atoms with Crippen LogP contribution in [0.1, 0.15) is 23.7 Å². The minimum Gasteiger partial charge on any atom is -0.462 e. The number of carbonyl (C=O) groups is 2. The van der Waals surface area contributed by atoms with Gasteiger partial charge in [0.15, 0.2) is 0 Å². The van der Waals surface area contributed by atoms with E-state index in [1.165, 1.54) is 0 Å². The molecular formula is C21H21N3O3. The quantitative estimate of drug-likeness (QED) is 0.623. The fourth-order valence-corrected chi connectivity index (χ4v) is 2.68. The van der Waals surface area contributed by atoms with Crippen molar-refractivity contribution in [3.8, 4) is 0 Å². The molecule has 3 aromatic rings. The smallest absolute Gasteiger partial charge is 0.338 e. The van der Waals surface area contributed by atoms with E-state index in [4.69, 9.17) is 4.74 Å². The Balaban J connectivity index is 1.51. The van der Waals surface area contributed by atoms with Crippen molar-refractivity contribution in [2.24, 2.45) is 0 Å². The van der Waals surface area contributed by atoms with Crippen molar-refractivity contribution in [2.75, 3.05) is 23.8 Å². The van der Waals surface area contributed by atoms with Crippen molar-refractivity contribution in [3.05, 3.63) is 66.4 Å². The number of carbonyl (C=O) groups excluding carboxylic acids is 2. The molecule has 138 valence electrons. The van der Waals surface area contributed by atoms with Gasteiger partial charge in [0.2, 0.25) is 5.91 Å². The van der Waals surface area contributed by atoms with Crippen molar-refractivity contribution < 1.29 is 14.3 Å². The molecule has 2 aromatic carbocycles. The topological polar surface area (TPSA) is 80.3 Å². The van der Waals surface area contributed by atoms with Crippen LogP contribution in [0.4, 0.5) is 11.4 Å². The highest BCUT2D eigenvalue weighted by Gasteiger charge is 2.08. The Morgan fingerprint density at radius 1 is 1.04 bits per heavy atom. The predicted molar refractivity (Wildman–Crippen MR) is 106 cm³/mol. The molecular weight excluding hydrogens is 342 g/mol. The third kappa shape index (κ3) is 4.82. The van der Waals surface area contributed by atoms with Crippen LogP contribution in [0.5, 0.6) is 0 Å². The number of anilines is 2. The lowest BCUT2D eigenvalue weighted by Gasteiger charge is -2.09. The minimum absolute atomic E-state index is 0.0937.